The van der Waals surface area contributed by atoms with E-state index in [1.165, 1.54) is 0 Å². The fourth-order valence-corrected chi connectivity index (χ4v) is 3.13. The van der Waals surface area contributed by atoms with Gasteiger partial charge in [-0.2, -0.15) is 0 Å². The van der Waals surface area contributed by atoms with E-state index in [0.29, 0.717) is 29.8 Å². The maximum atomic E-state index is 11.8. The van der Waals surface area contributed by atoms with E-state index in [9.17, 15) is 4.79 Å². The van der Waals surface area contributed by atoms with Gasteiger partial charge < -0.3 is 9.15 Å². The molecule has 0 spiro atoms. The molecule has 128 valence electrons. The molecule has 0 N–H and O–H groups in total. The van der Waals surface area contributed by atoms with Crippen LogP contribution in [0.2, 0.25) is 5.02 Å². The lowest BCUT2D eigenvalue weighted by molar-refractivity contribution is -0.149. The van der Waals surface area contributed by atoms with Crippen LogP contribution in [-0.4, -0.2) is 35.5 Å². The molecule has 24 heavy (non-hydrogen) atoms. The van der Waals surface area contributed by atoms with Gasteiger partial charge in [-0.15, -0.1) is 0 Å². The highest BCUT2D eigenvalue weighted by atomic mass is 35.5. The Morgan fingerprint density at radius 3 is 2.92 bits per heavy atom. The normalized spacial score (nSPS) is 16.2. The summed E-state index contributed by atoms with van der Waals surface area (Å²) in [6.45, 7) is 4.63. The second-order valence-electron chi connectivity index (χ2n) is 5.93. The third-order valence-electron chi connectivity index (χ3n) is 4.23. The SMILES string of the molecule is CCOC(=O)C1CCN(Cc2ncc(-c3cccc(Cl)c3)o2)CC1. The molecule has 2 heterocycles. The van der Waals surface area contributed by atoms with Crippen molar-refractivity contribution in [1.82, 2.24) is 9.88 Å². The highest BCUT2D eigenvalue weighted by molar-refractivity contribution is 6.30. The summed E-state index contributed by atoms with van der Waals surface area (Å²) in [5.41, 5.74) is 0.919. The maximum absolute atomic E-state index is 11.8. The largest absolute Gasteiger partial charge is 0.466 e. The molecule has 1 aliphatic heterocycles. The van der Waals surface area contributed by atoms with Crippen LogP contribution in [0.15, 0.2) is 34.9 Å². The van der Waals surface area contributed by atoms with Crippen LogP contribution in [0.3, 0.4) is 0 Å². The lowest BCUT2D eigenvalue weighted by Gasteiger charge is -2.29. The minimum atomic E-state index is -0.0727. The summed E-state index contributed by atoms with van der Waals surface area (Å²) >= 11 is 6.01. The predicted molar refractivity (Wildman–Crippen MR) is 91.6 cm³/mol. The second kappa shape index (κ2) is 7.81. The molecule has 0 radical (unpaired) electrons. The molecule has 1 saturated heterocycles. The summed E-state index contributed by atoms with van der Waals surface area (Å²) in [5, 5.41) is 0.673. The molecule has 0 aliphatic carbocycles. The van der Waals surface area contributed by atoms with Gasteiger partial charge in [-0.05, 0) is 45.0 Å². The van der Waals surface area contributed by atoms with E-state index >= 15 is 0 Å². The van der Waals surface area contributed by atoms with Crippen LogP contribution in [0.4, 0.5) is 0 Å². The molecule has 1 aromatic carbocycles. The zero-order valence-electron chi connectivity index (χ0n) is 13.7. The molecule has 1 fully saturated rings. The van der Waals surface area contributed by atoms with E-state index in [-0.39, 0.29) is 11.9 Å². The quantitative estimate of drug-likeness (QED) is 0.770. The van der Waals surface area contributed by atoms with Crippen molar-refractivity contribution in [3.05, 3.63) is 41.4 Å². The molecule has 0 saturated carbocycles. The van der Waals surface area contributed by atoms with Crippen molar-refractivity contribution < 1.29 is 13.9 Å². The van der Waals surface area contributed by atoms with Crippen molar-refractivity contribution >= 4 is 17.6 Å². The Hall–Kier alpha value is -1.85. The first-order valence-corrected chi connectivity index (χ1v) is 8.63. The van der Waals surface area contributed by atoms with Gasteiger partial charge in [-0.1, -0.05) is 23.7 Å². The zero-order valence-corrected chi connectivity index (χ0v) is 14.5. The molecule has 0 atom stereocenters. The lowest BCUT2D eigenvalue weighted by atomic mass is 9.97. The molecule has 6 heteroatoms. The number of likely N-dealkylation sites (tertiary alicyclic amines) is 1. The zero-order chi connectivity index (χ0) is 16.9. The number of rotatable bonds is 5. The van der Waals surface area contributed by atoms with E-state index in [1.807, 2.05) is 31.2 Å². The smallest absolute Gasteiger partial charge is 0.309 e. The van der Waals surface area contributed by atoms with Crippen molar-refractivity contribution in [2.75, 3.05) is 19.7 Å². The van der Waals surface area contributed by atoms with Gasteiger partial charge in [0.25, 0.3) is 0 Å². The highest BCUT2D eigenvalue weighted by Gasteiger charge is 2.26. The summed E-state index contributed by atoms with van der Waals surface area (Å²) in [6, 6.07) is 7.52. The summed E-state index contributed by atoms with van der Waals surface area (Å²) in [5.74, 6) is 1.35. The lowest BCUT2D eigenvalue weighted by Crippen LogP contribution is -2.36. The average molecular weight is 349 g/mol. The molecule has 2 aromatic rings. The number of aromatic nitrogens is 1. The van der Waals surface area contributed by atoms with E-state index < -0.39 is 0 Å². The first-order valence-electron chi connectivity index (χ1n) is 8.25. The Kier molecular flexibility index (Phi) is 5.53. The number of ether oxygens (including phenoxy) is 1. The second-order valence-corrected chi connectivity index (χ2v) is 6.37. The number of halogens is 1. The van der Waals surface area contributed by atoms with Crippen molar-refractivity contribution in [3.63, 3.8) is 0 Å². The van der Waals surface area contributed by atoms with Gasteiger partial charge in [-0.25, -0.2) is 4.98 Å². The Morgan fingerprint density at radius 2 is 2.21 bits per heavy atom. The van der Waals surface area contributed by atoms with Gasteiger partial charge in [0, 0.05) is 10.6 Å². The van der Waals surface area contributed by atoms with Crippen LogP contribution in [0.25, 0.3) is 11.3 Å². The van der Waals surface area contributed by atoms with Crippen molar-refractivity contribution in [3.8, 4) is 11.3 Å². The predicted octanol–water partition coefficient (Wildman–Crippen LogP) is 3.77. The Morgan fingerprint density at radius 1 is 1.42 bits per heavy atom. The van der Waals surface area contributed by atoms with Gasteiger partial charge in [0.1, 0.15) is 0 Å². The highest BCUT2D eigenvalue weighted by Crippen LogP contribution is 2.25. The number of oxazole rings is 1. The first kappa shape index (κ1) is 17.0. The Labute approximate surface area is 146 Å². The third-order valence-corrected chi connectivity index (χ3v) is 4.46. The minimum absolute atomic E-state index is 0.0211. The number of carbonyl (C=O) groups excluding carboxylic acids is 1. The molecule has 1 aromatic heterocycles. The van der Waals surface area contributed by atoms with Crippen LogP contribution < -0.4 is 0 Å². The third kappa shape index (κ3) is 4.16. The summed E-state index contributed by atoms with van der Waals surface area (Å²) < 4.78 is 10.9. The average Bonchev–Trinajstić information content (AvgIpc) is 3.04. The number of esters is 1. The van der Waals surface area contributed by atoms with Crippen LogP contribution in [0.1, 0.15) is 25.7 Å². The molecule has 0 unspecified atom stereocenters. The molecule has 5 nitrogen and oxygen atoms in total. The van der Waals surface area contributed by atoms with Crippen molar-refractivity contribution in [2.24, 2.45) is 5.92 Å². The maximum Gasteiger partial charge on any atom is 0.309 e. The van der Waals surface area contributed by atoms with Gasteiger partial charge in [0.15, 0.2) is 5.76 Å². The number of carbonyl (C=O) groups is 1. The molecular weight excluding hydrogens is 328 g/mol. The number of piperidine rings is 1. The summed E-state index contributed by atoms with van der Waals surface area (Å²) in [7, 11) is 0. The fraction of sp³-hybridized carbons (Fsp3) is 0.444. The summed E-state index contributed by atoms with van der Waals surface area (Å²) in [6.07, 6.45) is 3.37. The molecule has 1 aliphatic rings. The minimum Gasteiger partial charge on any atom is -0.466 e. The fourth-order valence-electron chi connectivity index (χ4n) is 2.94. The molecule has 0 amide bonds. The van der Waals surface area contributed by atoms with E-state index in [0.717, 1.165) is 31.5 Å². The van der Waals surface area contributed by atoms with Gasteiger partial charge in [-0.3, -0.25) is 9.69 Å². The molecular formula is C18H21ClN2O3. The van der Waals surface area contributed by atoms with Gasteiger partial charge in [0.2, 0.25) is 5.89 Å². The van der Waals surface area contributed by atoms with Crippen molar-refractivity contribution in [1.29, 1.82) is 0 Å². The number of nitrogens with zero attached hydrogens (tertiary/aromatic N) is 2. The summed E-state index contributed by atoms with van der Waals surface area (Å²) in [4.78, 5) is 18.4. The monoisotopic (exact) mass is 348 g/mol. The van der Waals surface area contributed by atoms with Crippen LogP contribution in [0.5, 0.6) is 0 Å². The Bertz CT molecular complexity index is 693. The van der Waals surface area contributed by atoms with Crippen LogP contribution in [-0.2, 0) is 16.1 Å². The van der Waals surface area contributed by atoms with E-state index in [2.05, 4.69) is 9.88 Å². The Balaban J connectivity index is 1.56. The van der Waals surface area contributed by atoms with Gasteiger partial charge in [0.05, 0.1) is 25.3 Å². The van der Waals surface area contributed by atoms with Gasteiger partial charge >= 0.3 is 5.97 Å². The van der Waals surface area contributed by atoms with Crippen LogP contribution in [0, 0.1) is 5.92 Å². The number of hydrogen-bond acceptors (Lipinski definition) is 5. The van der Waals surface area contributed by atoms with E-state index in [4.69, 9.17) is 20.8 Å². The van der Waals surface area contributed by atoms with Crippen molar-refractivity contribution in [2.45, 2.75) is 26.3 Å². The topological polar surface area (TPSA) is 55.6 Å². The molecule has 3 rings (SSSR count). The van der Waals surface area contributed by atoms with Crippen LogP contribution >= 0.6 is 11.6 Å². The van der Waals surface area contributed by atoms with E-state index in [1.54, 1.807) is 6.20 Å². The number of hydrogen-bond donors (Lipinski definition) is 0. The standard InChI is InChI=1S/C18H21ClN2O3/c1-2-23-18(22)13-6-8-21(9-7-13)12-17-20-11-16(24-17)14-4-3-5-15(19)10-14/h3-5,10-11,13H,2,6-9,12H2,1H3. The number of benzene rings is 1. The first-order chi connectivity index (χ1) is 11.7. The molecule has 0 bridgehead atoms.